The summed E-state index contributed by atoms with van der Waals surface area (Å²) in [5.74, 6) is 1.14. The third-order valence-electron chi connectivity index (χ3n) is 2.76. The molecule has 19 heavy (non-hydrogen) atoms. The second-order valence-corrected chi connectivity index (χ2v) is 4.95. The molecule has 2 aromatic rings. The third kappa shape index (κ3) is 3.60. The fourth-order valence-electron chi connectivity index (χ4n) is 1.54. The van der Waals surface area contributed by atoms with Crippen LogP contribution in [0.4, 0.5) is 0 Å². The maximum Gasteiger partial charge on any atom is 0.147 e. The van der Waals surface area contributed by atoms with Crippen molar-refractivity contribution >= 4 is 23.2 Å². The van der Waals surface area contributed by atoms with Crippen molar-refractivity contribution < 1.29 is 4.74 Å². The molecule has 0 fully saturated rings. The zero-order valence-electron chi connectivity index (χ0n) is 10.7. The smallest absolute Gasteiger partial charge is 0.147 e. The maximum atomic E-state index is 6.04. The van der Waals surface area contributed by atoms with Crippen molar-refractivity contribution in [2.45, 2.75) is 13.0 Å². The van der Waals surface area contributed by atoms with E-state index in [9.17, 15) is 0 Å². The summed E-state index contributed by atoms with van der Waals surface area (Å²) in [7, 11) is 1.89. The minimum Gasteiger partial charge on any atom is -0.454 e. The molecule has 100 valence electrons. The van der Waals surface area contributed by atoms with Crippen LogP contribution in [0.5, 0.6) is 11.5 Å². The predicted molar refractivity (Wildman–Crippen MR) is 78.2 cm³/mol. The quantitative estimate of drug-likeness (QED) is 0.904. The van der Waals surface area contributed by atoms with Gasteiger partial charge in [0, 0.05) is 17.1 Å². The Morgan fingerprint density at radius 3 is 2.63 bits per heavy atom. The molecule has 1 atom stereocenters. The zero-order valence-corrected chi connectivity index (χ0v) is 12.2. The van der Waals surface area contributed by atoms with Crippen LogP contribution in [0.15, 0.2) is 36.5 Å². The number of benzene rings is 1. The largest absolute Gasteiger partial charge is 0.454 e. The molecule has 2 rings (SSSR count). The Morgan fingerprint density at radius 1 is 1.21 bits per heavy atom. The number of hydrogen-bond donors (Lipinski definition) is 1. The average molecular weight is 297 g/mol. The SMILES string of the molecule is CNC(C)c1ccc(Oc2cc(Cl)ccc2Cl)cn1. The van der Waals surface area contributed by atoms with Gasteiger partial charge in [0.2, 0.25) is 0 Å². The molecule has 0 spiro atoms. The molecule has 0 aliphatic heterocycles. The van der Waals surface area contributed by atoms with Crippen molar-refractivity contribution in [1.82, 2.24) is 10.3 Å². The topological polar surface area (TPSA) is 34.1 Å². The monoisotopic (exact) mass is 296 g/mol. The van der Waals surface area contributed by atoms with Gasteiger partial charge in [0.15, 0.2) is 0 Å². The lowest BCUT2D eigenvalue weighted by atomic mass is 10.2. The van der Waals surface area contributed by atoms with Crippen LogP contribution in [0.1, 0.15) is 18.7 Å². The molecule has 0 saturated heterocycles. The van der Waals surface area contributed by atoms with Crippen LogP contribution >= 0.6 is 23.2 Å². The van der Waals surface area contributed by atoms with Crippen LogP contribution in [0.2, 0.25) is 10.0 Å². The van der Waals surface area contributed by atoms with E-state index in [1.54, 1.807) is 24.4 Å². The lowest BCUT2D eigenvalue weighted by Crippen LogP contribution is -2.13. The van der Waals surface area contributed by atoms with Crippen molar-refractivity contribution in [3.8, 4) is 11.5 Å². The van der Waals surface area contributed by atoms with Gasteiger partial charge in [0.25, 0.3) is 0 Å². The molecule has 3 nitrogen and oxygen atoms in total. The molecule has 1 heterocycles. The Kier molecular flexibility index (Phi) is 4.64. The molecule has 0 aliphatic rings. The summed E-state index contributed by atoms with van der Waals surface area (Å²) in [6.07, 6.45) is 1.67. The molecule has 5 heteroatoms. The van der Waals surface area contributed by atoms with E-state index in [4.69, 9.17) is 27.9 Å². The van der Waals surface area contributed by atoms with Crippen molar-refractivity contribution in [3.05, 3.63) is 52.3 Å². The molecule has 0 radical (unpaired) electrons. The Labute approximate surface area is 122 Å². The summed E-state index contributed by atoms with van der Waals surface area (Å²) >= 11 is 11.9. The van der Waals surface area contributed by atoms with Gasteiger partial charge in [-0.15, -0.1) is 0 Å². The molecule has 1 unspecified atom stereocenters. The van der Waals surface area contributed by atoms with Gasteiger partial charge in [-0.2, -0.15) is 0 Å². The summed E-state index contributed by atoms with van der Waals surface area (Å²) in [5.41, 5.74) is 0.951. The second kappa shape index (κ2) is 6.24. The van der Waals surface area contributed by atoms with E-state index in [1.165, 1.54) is 0 Å². The lowest BCUT2D eigenvalue weighted by molar-refractivity contribution is 0.479. The van der Waals surface area contributed by atoms with Crippen LogP contribution in [0.3, 0.4) is 0 Å². The van der Waals surface area contributed by atoms with Crippen molar-refractivity contribution in [2.24, 2.45) is 0 Å². The number of hydrogen-bond acceptors (Lipinski definition) is 3. The van der Waals surface area contributed by atoms with Gasteiger partial charge >= 0.3 is 0 Å². The minimum atomic E-state index is 0.198. The third-order valence-corrected chi connectivity index (χ3v) is 3.30. The van der Waals surface area contributed by atoms with Crippen LogP contribution in [-0.2, 0) is 0 Å². The molecule has 0 bridgehead atoms. The summed E-state index contributed by atoms with van der Waals surface area (Å²) in [5, 5.41) is 4.21. The summed E-state index contributed by atoms with van der Waals surface area (Å²) in [6.45, 7) is 2.04. The highest BCUT2D eigenvalue weighted by Gasteiger charge is 2.07. The fourth-order valence-corrected chi connectivity index (χ4v) is 1.86. The summed E-state index contributed by atoms with van der Waals surface area (Å²) in [6, 6.07) is 9.05. The number of aromatic nitrogens is 1. The van der Waals surface area contributed by atoms with Crippen molar-refractivity contribution in [2.75, 3.05) is 7.05 Å². The predicted octanol–water partition coefficient (Wildman–Crippen LogP) is 4.46. The van der Waals surface area contributed by atoms with E-state index in [2.05, 4.69) is 10.3 Å². The molecular formula is C14H14Cl2N2O. The molecule has 0 amide bonds. The Morgan fingerprint density at radius 2 is 2.00 bits per heavy atom. The van der Waals surface area contributed by atoms with E-state index in [0.717, 1.165) is 5.69 Å². The first kappa shape index (κ1) is 14.1. The van der Waals surface area contributed by atoms with Gasteiger partial charge in [-0.1, -0.05) is 23.2 Å². The number of halogens is 2. The van der Waals surface area contributed by atoms with Gasteiger partial charge < -0.3 is 10.1 Å². The number of nitrogens with zero attached hydrogens (tertiary/aromatic N) is 1. The van der Waals surface area contributed by atoms with Crippen molar-refractivity contribution in [3.63, 3.8) is 0 Å². The molecule has 1 aromatic heterocycles. The van der Waals surface area contributed by atoms with Gasteiger partial charge in [0.05, 0.1) is 16.9 Å². The van der Waals surface area contributed by atoms with E-state index >= 15 is 0 Å². The zero-order chi connectivity index (χ0) is 13.8. The number of pyridine rings is 1. The summed E-state index contributed by atoms with van der Waals surface area (Å²) in [4.78, 5) is 4.33. The highest BCUT2D eigenvalue weighted by atomic mass is 35.5. The average Bonchev–Trinajstić information content (AvgIpc) is 2.43. The van der Waals surface area contributed by atoms with Crippen LogP contribution in [-0.4, -0.2) is 12.0 Å². The molecule has 0 aliphatic carbocycles. The van der Waals surface area contributed by atoms with Crippen LogP contribution in [0, 0.1) is 0 Å². The molecule has 1 aromatic carbocycles. The van der Waals surface area contributed by atoms with E-state index in [0.29, 0.717) is 21.5 Å². The Balaban J connectivity index is 2.17. The first-order valence-electron chi connectivity index (χ1n) is 5.86. The van der Waals surface area contributed by atoms with Crippen LogP contribution < -0.4 is 10.1 Å². The van der Waals surface area contributed by atoms with E-state index in [-0.39, 0.29) is 6.04 Å². The maximum absolute atomic E-state index is 6.04. The molecule has 0 saturated carbocycles. The van der Waals surface area contributed by atoms with Gasteiger partial charge in [-0.3, -0.25) is 4.98 Å². The standard InChI is InChI=1S/C14H14Cl2N2O/c1-9(17-2)13-6-4-11(8-18-13)19-14-7-10(15)3-5-12(14)16/h3-9,17H,1-2H3. The van der Waals surface area contributed by atoms with Crippen LogP contribution in [0.25, 0.3) is 0 Å². The fraction of sp³-hybridized carbons (Fsp3) is 0.214. The van der Waals surface area contributed by atoms with Gasteiger partial charge in [-0.25, -0.2) is 0 Å². The van der Waals surface area contributed by atoms with Gasteiger partial charge in [0.1, 0.15) is 11.5 Å². The van der Waals surface area contributed by atoms with E-state index in [1.807, 2.05) is 26.1 Å². The number of rotatable bonds is 4. The second-order valence-electron chi connectivity index (χ2n) is 4.11. The van der Waals surface area contributed by atoms with E-state index < -0.39 is 0 Å². The molecular weight excluding hydrogens is 283 g/mol. The minimum absolute atomic E-state index is 0.198. The first-order chi connectivity index (χ1) is 9.10. The number of nitrogens with one attached hydrogen (secondary N) is 1. The normalized spacial score (nSPS) is 12.2. The Hall–Kier alpha value is -1.29. The lowest BCUT2D eigenvalue weighted by Gasteiger charge is -2.11. The number of ether oxygens (including phenoxy) is 1. The highest BCUT2D eigenvalue weighted by Crippen LogP contribution is 2.31. The molecule has 1 N–H and O–H groups in total. The first-order valence-corrected chi connectivity index (χ1v) is 6.62. The highest BCUT2D eigenvalue weighted by molar-refractivity contribution is 6.34. The van der Waals surface area contributed by atoms with Gasteiger partial charge in [-0.05, 0) is 38.2 Å². The summed E-state index contributed by atoms with van der Waals surface area (Å²) < 4.78 is 5.66. The Bertz CT molecular complexity index is 558. The van der Waals surface area contributed by atoms with Crippen molar-refractivity contribution in [1.29, 1.82) is 0 Å².